The summed E-state index contributed by atoms with van der Waals surface area (Å²) in [6, 6.07) is 0. The van der Waals surface area contributed by atoms with Crippen molar-refractivity contribution in [2.75, 3.05) is 6.54 Å². The average molecular weight is 265 g/mol. The molecule has 0 saturated heterocycles. The fourth-order valence-electron chi connectivity index (χ4n) is 1.80. The molecule has 7 heteroatoms. The van der Waals surface area contributed by atoms with Crippen LogP contribution in [0.4, 0.5) is 13.2 Å². The second-order valence-corrected chi connectivity index (χ2v) is 4.83. The maximum Gasteiger partial charge on any atom is 0.396 e. The van der Waals surface area contributed by atoms with Gasteiger partial charge < -0.3 is 10.3 Å². The molecule has 104 valence electrons. The van der Waals surface area contributed by atoms with Crippen molar-refractivity contribution in [3.63, 3.8) is 0 Å². The largest absolute Gasteiger partial charge is 0.396 e. The highest BCUT2D eigenvalue weighted by molar-refractivity contribution is 4.90. The molecule has 18 heavy (non-hydrogen) atoms. The molecular formula is C11H18F3N3O. The molecule has 0 spiro atoms. The third-order valence-corrected chi connectivity index (χ3v) is 2.47. The van der Waals surface area contributed by atoms with Gasteiger partial charge in [0.2, 0.25) is 5.89 Å². The molecule has 1 rings (SSSR count). The highest BCUT2D eigenvalue weighted by Crippen LogP contribution is 2.20. The predicted octanol–water partition coefficient (Wildman–Crippen LogP) is 2.34. The molecule has 0 unspecified atom stereocenters. The molecule has 2 N–H and O–H groups in total. The van der Waals surface area contributed by atoms with Gasteiger partial charge in [0, 0.05) is 6.42 Å². The number of rotatable bonds is 6. The maximum atomic E-state index is 12.1. The first-order valence-electron chi connectivity index (χ1n) is 5.88. The van der Waals surface area contributed by atoms with Crippen molar-refractivity contribution in [1.82, 2.24) is 10.1 Å². The van der Waals surface area contributed by atoms with Gasteiger partial charge in [-0.3, -0.25) is 0 Å². The third-order valence-electron chi connectivity index (χ3n) is 2.47. The van der Waals surface area contributed by atoms with Crippen LogP contribution in [-0.4, -0.2) is 22.9 Å². The van der Waals surface area contributed by atoms with Crippen LogP contribution in [0.3, 0.4) is 0 Å². The van der Waals surface area contributed by atoms with E-state index >= 15 is 0 Å². The zero-order chi connectivity index (χ0) is 13.8. The minimum atomic E-state index is -4.31. The second-order valence-electron chi connectivity index (χ2n) is 4.83. The van der Waals surface area contributed by atoms with Crippen molar-refractivity contribution in [1.29, 1.82) is 0 Å². The Morgan fingerprint density at radius 3 is 2.50 bits per heavy atom. The summed E-state index contributed by atoms with van der Waals surface area (Å²) in [5.41, 5.74) is 5.61. The van der Waals surface area contributed by atoms with Crippen LogP contribution in [0.15, 0.2) is 4.52 Å². The summed E-state index contributed by atoms with van der Waals surface area (Å²) in [5.74, 6) is 0.531. The Hall–Kier alpha value is -1.11. The summed E-state index contributed by atoms with van der Waals surface area (Å²) in [5, 5.41) is 3.32. The molecule has 4 nitrogen and oxygen atoms in total. The lowest BCUT2D eigenvalue weighted by Crippen LogP contribution is -2.19. The lowest BCUT2D eigenvalue weighted by molar-refractivity contribution is -0.128. The minimum Gasteiger partial charge on any atom is -0.339 e. The van der Waals surface area contributed by atoms with Crippen molar-refractivity contribution >= 4 is 0 Å². The number of nitrogens with zero attached hydrogens (tertiary/aromatic N) is 2. The van der Waals surface area contributed by atoms with Crippen LogP contribution in [0.25, 0.3) is 0 Å². The van der Waals surface area contributed by atoms with Gasteiger partial charge in [-0.15, -0.1) is 0 Å². The van der Waals surface area contributed by atoms with E-state index in [0.29, 0.717) is 18.9 Å². The van der Waals surface area contributed by atoms with Crippen LogP contribution < -0.4 is 5.73 Å². The van der Waals surface area contributed by atoms with Crippen molar-refractivity contribution in [3.8, 4) is 0 Å². The average Bonchev–Trinajstić information content (AvgIpc) is 2.61. The van der Waals surface area contributed by atoms with E-state index in [4.69, 9.17) is 10.3 Å². The molecule has 1 atom stereocenters. The van der Waals surface area contributed by atoms with E-state index in [9.17, 15) is 13.2 Å². The van der Waals surface area contributed by atoms with Gasteiger partial charge in [-0.05, 0) is 24.8 Å². The molecule has 1 aromatic rings. The molecule has 0 saturated carbocycles. The fraction of sp³-hybridized carbons (Fsp3) is 0.818. The van der Waals surface area contributed by atoms with E-state index < -0.39 is 12.6 Å². The number of alkyl halides is 3. The van der Waals surface area contributed by atoms with E-state index in [1.165, 1.54) is 0 Å². The Labute approximate surface area is 104 Å². The number of hydrogen-bond acceptors (Lipinski definition) is 4. The monoisotopic (exact) mass is 265 g/mol. The van der Waals surface area contributed by atoms with Crippen molar-refractivity contribution in [3.05, 3.63) is 11.7 Å². The zero-order valence-electron chi connectivity index (χ0n) is 10.5. The minimum absolute atomic E-state index is 0.157. The molecule has 0 fully saturated rings. The summed E-state index contributed by atoms with van der Waals surface area (Å²) in [6.45, 7) is 4.58. The fourth-order valence-corrected chi connectivity index (χ4v) is 1.80. The molecule has 1 heterocycles. The van der Waals surface area contributed by atoms with Gasteiger partial charge in [0.05, 0.1) is 0 Å². The predicted molar refractivity (Wildman–Crippen MR) is 59.8 cm³/mol. The Kier molecular flexibility index (Phi) is 5.13. The standard InChI is InChI=1S/C11H18F3N3O/c1-7(2)3-8(6-15)4-10-16-9(17-18-10)5-11(12,13)14/h7-8H,3-6,15H2,1-2H3/t8-/m0/s1. The normalized spacial score (nSPS) is 14.2. The van der Waals surface area contributed by atoms with E-state index in [1.54, 1.807) is 0 Å². The van der Waals surface area contributed by atoms with Crippen LogP contribution in [0.2, 0.25) is 0 Å². The van der Waals surface area contributed by atoms with E-state index in [0.717, 1.165) is 6.42 Å². The molecular weight excluding hydrogens is 247 g/mol. The summed E-state index contributed by atoms with van der Waals surface area (Å²) >= 11 is 0. The van der Waals surface area contributed by atoms with Crippen LogP contribution in [0.1, 0.15) is 32.0 Å². The van der Waals surface area contributed by atoms with Gasteiger partial charge in [0.15, 0.2) is 5.82 Å². The smallest absolute Gasteiger partial charge is 0.339 e. The number of aromatic nitrogens is 2. The van der Waals surface area contributed by atoms with E-state index in [-0.39, 0.29) is 17.6 Å². The molecule has 0 amide bonds. The van der Waals surface area contributed by atoms with Gasteiger partial charge in [0.1, 0.15) is 6.42 Å². The van der Waals surface area contributed by atoms with Gasteiger partial charge >= 0.3 is 6.18 Å². The van der Waals surface area contributed by atoms with Gasteiger partial charge in [-0.1, -0.05) is 19.0 Å². The number of hydrogen-bond donors (Lipinski definition) is 1. The van der Waals surface area contributed by atoms with E-state index in [1.807, 2.05) is 0 Å². The van der Waals surface area contributed by atoms with Crippen molar-refractivity contribution in [2.24, 2.45) is 17.6 Å². The maximum absolute atomic E-state index is 12.1. The molecule has 0 aliphatic rings. The Balaban J connectivity index is 2.57. The summed E-state index contributed by atoms with van der Waals surface area (Å²) < 4.78 is 41.1. The Morgan fingerprint density at radius 2 is 2.00 bits per heavy atom. The van der Waals surface area contributed by atoms with Crippen LogP contribution in [0, 0.1) is 11.8 Å². The number of nitrogens with two attached hydrogens (primary N) is 1. The highest BCUT2D eigenvalue weighted by atomic mass is 19.4. The first kappa shape index (κ1) is 14.9. The van der Waals surface area contributed by atoms with Gasteiger partial charge in [-0.2, -0.15) is 18.2 Å². The third kappa shape index (κ3) is 5.48. The summed E-state index contributed by atoms with van der Waals surface area (Å²) in [4.78, 5) is 3.74. The zero-order valence-corrected chi connectivity index (χ0v) is 10.5. The molecule has 0 aliphatic carbocycles. The van der Waals surface area contributed by atoms with Crippen molar-refractivity contribution < 1.29 is 17.7 Å². The Morgan fingerprint density at radius 1 is 1.33 bits per heavy atom. The lowest BCUT2D eigenvalue weighted by atomic mass is 9.94. The molecule has 0 aromatic carbocycles. The Bertz CT molecular complexity index is 363. The van der Waals surface area contributed by atoms with Gasteiger partial charge in [0.25, 0.3) is 0 Å². The van der Waals surface area contributed by atoms with Crippen LogP contribution in [0.5, 0.6) is 0 Å². The first-order chi connectivity index (χ1) is 8.30. The molecule has 0 radical (unpaired) electrons. The van der Waals surface area contributed by atoms with Gasteiger partial charge in [-0.25, -0.2) is 0 Å². The van der Waals surface area contributed by atoms with E-state index in [2.05, 4.69) is 24.0 Å². The summed E-state index contributed by atoms with van der Waals surface area (Å²) in [6.07, 6.45) is -4.16. The van der Waals surface area contributed by atoms with Crippen LogP contribution >= 0.6 is 0 Å². The highest BCUT2D eigenvalue weighted by Gasteiger charge is 2.30. The van der Waals surface area contributed by atoms with Crippen LogP contribution in [-0.2, 0) is 12.8 Å². The lowest BCUT2D eigenvalue weighted by Gasteiger charge is -2.14. The molecule has 0 aliphatic heterocycles. The topological polar surface area (TPSA) is 64.9 Å². The molecule has 1 aromatic heterocycles. The quantitative estimate of drug-likeness (QED) is 0.857. The first-order valence-corrected chi connectivity index (χ1v) is 5.88. The molecule has 0 bridgehead atoms. The second kappa shape index (κ2) is 6.17. The number of halogens is 3. The SMILES string of the molecule is CC(C)C[C@H](CN)Cc1nc(CC(F)(F)F)no1. The van der Waals surface area contributed by atoms with Crippen molar-refractivity contribution in [2.45, 2.75) is 39.3 Å². The summed E-state index contributed by atoms with van der Waals surface area (Å²) in [7, 11) is 0.